The van der Waals surface area contributed by atoms with Crippen LogP contribution in [0.15, 0.2) is 42.7 Å². The molecule has 2 aromatic rings. The van der Waals surface area contributed by atoms with Crippen LogP contribution in [0.5, 0.6) is 0 Å². The first-order chi connectivity index (χ1) is 9.83. The lowest BCUT2D eigenvalue weighted by Gasteiger charge is -2.25. The number of hydrogen-bond donors (Lipinski definition) is 1. The maximum absolute atomic E-state index is 6.34. The molecule has 0 radical (unpaired) electrons. The number of likely N-dealkylation sites (tertiary alicyclic amines) is 1. The van der Waals surface area contributed by atoms with Crippen molar-refractivity contribution in [1.82, 2.24) is 14.7 Å². The second-order valence-corrected chi connectivity index (χ2v) is 5.92. The number of hydrogen-bond acceptors (Lipinski definition) is 3. The van der Waals surface area contributed by atoms with E-state index in [0.29, 0.717) is 6.04 Å². The van der Waals surface area contributed by atoms with Gasteiger partial charge < -0.3 is 5.73 Å². The fourth-order valence-electron chi connectivity index (χ4n) is 3.31. The van der Waals surface area contributed by atoms with Gasteiger partial charge in [0.1, 0.15) is 0 Å². The Kier molecular flexibility index (Phi) is 2.86. The average Bonchev–Trinajstić information content (AvgIpc) is 3.08. The minimum Gasteiger partial charge on any atom is -0.326 e. The molecule has 4 heteroatoms. The summed E-state index contributed by atoms with van der Waals surface area (Å²) in [5.74, 6) is 0. The number of benzene rings is 1. The monoisotopic (exact) mass is 268 g/mol. The fourth-order valence-corrected chi connectivity index (χ4v) is 3.31. The van der Waals surface area contributed by atoms with Crippen LogP contribution in [0.3, 0.4) is 0 Å². The molecule has 0 spiro atoms. The molecule has 1 saturated heterocycles. The maximum Gasteiger partial charge on any atom is 0.0645 e. The zero-order chi connectivity index (χ0) is 13.5. The third kappa shape index (κ3) is 2.05. The highest BCUT2D eigenvalue weighted by atomic mass is 15.3. The molecule has 104 valence electrons. The largest absolute Gasteiger partial charge is 0.326 e. The van der Waals surface area contributed by atoms with Gasteiger partial charge in [0, 0.05) is 30.4 Å². The van der Waals surface area contributed by atoms with Gasteiger partial charge in [-0.1, -0.05) is 18.2 Å². The van der Waals surface area contributed by atoms with Crippen LogP contribution in [-0.4, -0.2) is 33.3 Å². The topological polar surface area (TPSA) is 47.1 Å². The van der Waals surface area contributed by atoms with Crippen LogP contribution < -0.4 is 5.73 Å². The van der Waals surface area contributed by atoms with Crippen LogP contribution in [0.2, 0.25) is 0 Å². The first-order valence-corrected chi connectivity index (χ1v) is 7.44. The number of aromatic nitrogens is 2. The second kappa shape index (κ2) is 4.72. The predicted molar refractivity (Wildman–Crippen MR) is 78.6 cm³/mol. The van der Waals surface area contributed by atoms with Crippen LogP contribution in [0.4, 0.5) is 0 Å². The van der Waals surface area contributed by atoms with E-state index in [1.54, 1.807) is 0 Å². The standard InChI is InChI=1S/C16H20N4/c17-15-8-9-19(13-6-7-13)16(15)12-10-18-20(11-12)14-4-2-1-3-5-14/h1-5,10-11,13,15-16H,6-9,17H2. The van der Waals surface area contributed by atoms with Gasteiger partial charge in [0.2, 0.25) is 0 Å². The summed E-state index contributed by atoms with van der Waals surface area (Å²) in [5.41, 5.74) is 8.69. The molecule has 0 bridgehead atoms. The van der Waals surface area contributed by atoms with Gasteiger partial charge in [0.05, 0.1) is 17.9 Å². The lowest BCUT2D eigenvalue weighted by Crippen LogP contribution is -2.32. The quantitative estimate of drug-likeness (QED) is 0.927. The van der Waals surface area contributed by atoms with Gasteiger partial charge in [0.25, 0.3) is 0 Å². The van der Waals surface area contributed by atoms with Gasteiger partial charge in [-0.3, -0.25) is 4.90 Å². The molecule has 2 heterocycles. The average molecular weight is 268 g/mol. The van der Waals surface area contributed by atoms with E-state index >= 15 is 0 Å². The van der Waals surface area contributed by atoms with Gasteiger partial charge in [0.15, 0.2) is 0 Å². The Morgan fingerprint density at radius 3 is 2.65 bits per heavy atom. The Hall–Kier alpha value is -1.65. The van der Waals surface area contributed by atoms with Crippen molar-refractivity contribution < 1.29 is 0 Å². The number of nitrogens with two attached hydrogens (primary N) is 1. The van der Waals surface area contributed by atoms with Gasteiger partial charge >= 0.3 is 0 Å². The van der Waals surface area contributed by atoms with E-state index in [1.807, 2.05) is 29.1 Å². The molecular formula is C16H20N4. The molecule has 1 aromatic heterocycles. The third-order valence-electron chi connectivity index (χ3n) is 4.46. The van der Waals surface area contributed by atoms with Crippen molar-refractivity contribution in [2.75, 3.05) is 6.54 Å². The van der Waals surface area contributed by atoms with Crippen LogP contribution in [-0.2, 0) is 0 Å². The summed E-state index contributed by atoms with van der Waals surface area (Å²) in [5, 5.41) is 4.51. The summed E-state index contributed by atoms with van der Waals surface area (Å²) in [6, 6.07) is 11.6. The summed E-state index contributed by atoms with van der Waals surface area (Å²) < 4.78 is 1.95. The number of rotatable bonds is 3. The normalized spacial score (nSPS) is 27.1. The van der Waals surface area contributed by atoms with Crippen LogP contribution in [0, 0.1) is 0 Å². The van der Waals surface area contributed by atoms with Crippen molar-refractivity contribution in [3.63, 3.8) is 0 Å². The molecule has 1 aromatic carbocycles. The second-order valence-electron chi connectivity index (χ2n) is 5.92. The molecule has 1 saturated carbocycles. The highest BCUT2D eigenvalue weighted by Crippen LogP contribution is 2.40. The molecule has 2 atom stereocenters. The van der Waals surface area contributed by atoms with Crippen molar-refractivity contribution in [3.8, 4) is 5.69 Å². The summed E-state index contributed by atoms with van der Waals surface area (Å²) >= 11 is 0. The van der Waals surface area contributed by atoms with Crippen molar-refractivity contribution in [2.45, 2.75) is 37.4 Å². The first-order valence-electron chi connectivity index (χ1n) is 7.44. The van der Waals surface area contributed by atoms with Crippen molar-refractivity contribution in [2.24, 2.45) is 5.73 Å². The van der Waals surface area contributed by atoms with Crippen LogP contribution in [0.1, 0.15) is 30.9 Å². The Labute approximate surface area is 119 Å². The molecule has 4 nitrogen and oxygen atoms in total. The van der Waals surface area contributed by atoms with E-state index in [1.165, 1.54) is 18.4 Å². The molecule has 2 fully saturated rings. The van der Waals surface area contributed by atoms with E-state index in [4.69, 9.17) is 5.73 Å². The summed E-state index contributed by atoms with van der Waals surface area (Å²) in [6.07, 6.45) is 7.88. The molecule has 0 amide bonds. The summed E-state index contributed by atoms with van der Waals surface area (Å²) in [4.78, 5) is 2.58. The zero-order valence-corrected chi connectivity index (χ0v) is 11.5. The highest BCUT2D eigenvalue weighted by Gasteiger charge is 2.41. The van der Waals surface area contributed by atoms with E-state index in [9.17, 15) is 0 Å². The summed E-state index contributed by atoms with van der Waals surface area (Å²) in [6.45, 7) is 1.13. The Balaban J connectivity index is 1.64. The fraction of sp³-hybridized carbons (Fsp3) is 0.438. The molecule has 2 aliphatic rings. The van der Waals surface area contributed by atoms with Crippen LogP contribution in [0.25, 0.3) is 5.69 Å². The van der Waals surface area contributed by atoms with Crippen molar-refractivity contribution >= 4 is 0 Å². The maximum atomic E-state index is 6.34. The lowest BCUT2D eigenvalue weighted by atomic mass is 10.0. The molecule has 20 heavy (non-hydrogen) atoms. The third-order valence-corrected chi connectivity index (χ3v) is 4.46. The molecule has 2 N–H and O–H groups in total. The Bertz CT molecular complexity index is 588. The zero-order valence-electron chi connectivity index (χ0n) is 11.5. The van der Waals surface area contributed by atoms with E-state index < -0.39 is 0 Å². The molecule has 2 unspecified atom stereocenters. The van der Waals surface area contributed by atoms with Gasteiger partial charge in [-0.2, -0.15) is 5.10 Å². The number of nitrogens with zero attached hydrogens (tertiary/aromatic N) is 3. The molecular weight excluding hydrogens is 248 g/mol. The molecule has 1 aliphatic carbocycles. The SMILES string of the molecule is NC1CCN(C2CC2)C1c1cnn(-c2ccccc2)c1. The van der Waals surface area contributed by atoms with E-state index in [2.05, 4.69) is 28.3 Å². The smallest absolute Gasteiger partial charge is 0.0645 e. The van der Waals surface area contributed by atoms with Gasteiger partial charge in [-0.05, 0) is 31.4 Å². The molecule has 4 rings (SSSR count). The van der Waals surface area contributed by atoms with Gasteiger partial charge in [-0.15, -0.1) is 0 Å². The molecule has 1 aliphatic heterocycles. The van der Waals surface area contributed by atoms with E-state index in [0.717, 1.165) is 24.7 Å². The number of para-hydroxylation sites is 1. The van der Waals surface area contributed by atoms with Crippen molar-refractivity contribution in [1.29, 1.82) is 0 Å². The Morgan fingerprint density at radius 2 is 1.90 bits per heavy atom. The van der Waals surface area contributed by atoms with Crippen LogP contribution >= 0.6 is 0 Å². The van der Waals surface area contributed by atoms with Crippen molar-refractivity contribution in [3.05, 3.63) is 48.3 Å². The minimum atomic E-state index is 0.240. The minimum absolute atomic E-state index is 0.240. The Morgan fingerprint density at radius 1 is 1.10 bits per heavy atom. The lowest BCUT2D eigenvalue weighted by molar-refractivity contribution is 0.237. The predicted octanol–water partition coefficient (Wildman–Crippen LogP) is 2.11. The summed E-state index contributed by atoms with van der Waals surface area (Å²) in [7, 11) is 0. The van der Waals surface area contributed by atoms with Gasteiger partial charge in [-0.25, -0.2) is 4.68 Å². The highest BCUT2D eigenvalue weighted by molar-refractivity contribution is 5.32. The first kappa shape index (κ1) is 12.1. The van der Waals surface area contributed by atoms with E-state index in [-0.39, 0.29) is 6.04 Å².